The van der Waals surface area contributed by atoms with Crippen LogP contribution < -0.4 is 5.32 Å². The van der Waals surface area contributed by atoms with Crippen LogP contribution in [-0.2, 0) is 4.79 Å². The molecule has 0 unspecified atom stereocenters. The largest absolute Gasteiger partial charge is 0.388 e. The zero-order valence-corrected chi connectivity index (χ0v) is 12.0. The summed E-state index contributed by atoms with van der Waals surface area (Å²) in [5.74, 6) is -0.162. The van der Waals surface area contributed by atoms with E-state index < -0.39 is 12.1 Å². The Kier molecular flexibility index (Phi) is 5.14. The van der Waals surface area contributed by atoms with E-state index in [1.807, 2.05) is 18.2 Å². The fourth-order valence-electron chi connectivity index (χ4n) is 2.17. The lowest BCUT2D eigenvalue weighted by Gasteiger charge is -2.19. The maximum absolute atomic E-state index is 11.0. The molecule has 112 valence electrons. The molecular formula is C16H16N4O2. The van der Waals surface area contributed by atoms with Gasteiger partial charge in [-0.2, -0.15) is 0 Å². The average molecular weight is 296 g/mol. The number of amides is 1. The molecule has 1 amide bonds. The molecule has 0 bridgehead atoms. The molecule has 0 aliphatic carbocycles. The van der Waals surface area contributed by atoms with Crippen molar-refractivity contribution in [3.63, 3.8) is 0 Å². The van der Waals surface area contributed by atoms with Crippen molar-refractivity contribution in [1.82, 2.24) is 0 Å². The number of hydrogen-bond acceptors (Lipinski definition) is 3. The van der Waals surface area contributed by atoms with Crippen LogP contribution in [0.25, 0.3) is 10.4 Å². The number of anilines is 1. The minimum atomic E-state index is -0.968. The van der Waals surface area contributed by atoms with Crippen LogP contribution in [0.4, 0.5) is 5.69 Å². The van der Waals surface area contributed by atoms with Gasteiger partial charge in [-0.15, -0.1) is 0 Å². The van der Waals surface area contributed by atoms with E-state index in [9.17, 15) is 9.90 Å². The van der Waals surface area contributed by atoms with E-state index in [1.165, 1.54) is 6.92 Å². The second-order valence-corrected chi connectivity index (χ2v) is 4.81. The SMILES string of the molecule is CC(=O)Nc1ccc([C@H](O)[C@H](N=[N+]=[N-])c2ccccc2)cc1. The molecule has 2 atom stereocenters. The van der Waals surface area contributed by atoms with Crippen molar-refractivity contribution in [1.29, 1.82) is 0 Å². The molecule has 6 heteroatoms. The zero-order valence-electron chi connectivity index (χ0n) is 12.0. The van der Waals surface area contributed by atoms with Crippen LogP contribution in [0.5, 0.6) is 0 Å². The molecule has 2 aromatic carbocycles. The molecule has 0 saturated carbocycles. The lowest BCUT2D eigenvalue weighted by Crippen LogP contribution is -2.09. The van der Waals surface area contributed by atoms with Gasteiger partial charge < -0.3 is 10.4 Å². The summed E-state index contributed by atoms with van der Waals surface area (Å²) >= 11 is 0. The molecule has 6 nitrogen and oxygen atoms in total. The molecule has 0 aliphatic heterocycles. The maximum atomic E-state index is 11.0. The third-order valence-electron chi connectivity index (χ3n) is 3.19. The van der Waals surface area contributed by atoms with E-state index in [-0.39, 0.29) is 5.91 Å². The van der Waals surface area contributed by atoms with Crippen molar-refractivity contribution in [3.8, 4) is 0 Å². The van der Waals surface area contributed by atoms with Gasteiger partial charge in [-0.25, -0.2) is 0 Å². The van der Waals surface area contributed by atoms with Crippen molar-refractivity contribution >= 4 is 11.6 Å². The summed E-state index contributed by atoms with van der Waals surface area (Å²) in [4.78, 5) is 13.8. The lowest BCUT2D eigenvalue weighted by molar-refractivity contribution is -0.114. The molecule has 0 saturated heterocycles. The normalized spacial score (nSPS) is 12.8. The van der Waals surface area contributed by atoms with Gasteiger partial charge in [-0.05, 0) is 28.8 Å². The second-order valence-electron chi connectivity index (χ2n) is 4.81. The number of rotatable bonds is 5. The smallest absolute Gasteiger partial charge is 0.221 e. The van der Waals surface area contributed by atoms with E-state index in [1.54, 1.807) is 36.4 Å². The molecule has 0 aliphatic rings. The second kappa shape index (κ2) is 7.26. The lowest BCUT2D eigenvalue weighted by atomic mass is 9.96. The van der Waals surface area contributed by atoms with E-state index in [0.29, 0.717) is 11.3 Å². The highest BCUT2D eigenvalue weighted by atomic mass is 16.3. The Bertz CT molecular complexity index is 679. The molecular weight excluding hydrogens is 280 g/mol. The van der Waals surface area contributed by atoms with Crippen LogP contribution in [0.1, 0.15) is 30.2 Å². The van der Waals surface area contributed by atoms with E-state index in [2.05, 4.69) is 15.3 Å². The number of hydrogen-bond donors (Lipinski definition) is 2. The molecule has 0 radical (unpaired) electrons. The summed E-state index contributed by atoms with van der Waals surface area (Å²) in [6, 6.07) is 15.2. The van der Waals surface area contributed by atoms with Gasteiger partial charge in [0.05, 0.1) is 12.1 Å². The highest BCUT2D eigenvalue weighted by Gasteiger charge is 2.21. The van der Waals surface area contributed by atoms with Gasteiger partial charge in [0.1, 0.15) is 0 Å². The van der Waals surface area contributed by atoms with Gasteiger partial charge in [0.25, 0.3) is 0 Å². The van der Waals surface area contributed by atoms with Gasteiger partial charge in [0, 0.05) is 17.5 Å². The molecule has 2 rings (SSSR count). The summed E-state index contributed by atoms with van der Waals surface area (Å²) in [7, 11) is 0. The van der Waals surface area contributed by atoms with Crippen LogP contribution in [0.2, 0.25) is 0 Å². The fraction of sp³-hybridized carbons (Fsp3) is 0.188. The number of nitrogens with one attached hydrogen (secondary N) is 1. The minimum Gasteiger partial charge on any atom is -0.388 e. The number of aliphatic hydroxyl groups excluding tert-OH is 1. The first kappa shape index (κ1) is 15.6. The predicted octanol–water partition coefficient (Wildman–Crippen LogP) is 3.73. The van der Waals surface area contributed by atoms with Gasteiger partial charge in [0.15, 0.2) is 0 Å². The number of azide groups is 1. The van der Waals surface area contributed by atoms with Crippen molar-refractivity contribution in [3.05, 3.63) is 76.2 Å². The first-order valence-electron chi connectivity index (χ1n) is 6.76. The third kappa shape index (κ3) is 3.85. The third-order valence-corrected chi connectivity index (χ3v) is 3.19. The highest BCUT2D eigenvalue weighted by Crippen LogP contribution is 2.32. The number of carbonyl (C=O) groups is 1. The Morgan fingerprint density at radius 3 is 2.32 bits per heavy atom. The van der Waals surface area contributed by atoms with Crippen molar-refractivity contribution in [2.24, 2.45) is 5.11 Å². The van der Waals surface area contributed by atoms with E-state index >= 15 is 0 Å². The number of nitrogens with zero attached hydrogens (tertiary/aromatic N) is 3. The van der Waals surface area contributed by atoms with E-state index in [0.717, 1.165) is 5.56 Å². The minimum absolute atomic E-state index is 0.162. The van der Waals surface area contributed by atoms with E-state index in [4.69, 9.17) is 5.53 Å². The van der Waals surface area contributed by atoms with Crippen LogP contribution in [0.3, 0.4) is 0 Å². The molecule has 0 aromatic heterocycles. The topological polar surface area (TPSA) is 98.1 Å². The van der Waals surface area contributed by atoms with Gasteiger partial charge in [-0.1, -0.05) is 47.6 Å². The molecule has 2 aromatic rings. The number of carbonyl (C=O) groups excluding carboxylic acids is 1. The van der Waals surface area contributed by atoms with Gasteiger partial charge >= 0.3 is 0 Å². The Morgan fingerprint density at radius 1 is 1.14 bits per heavy atom. The first-order chi connectivity index (χ1) is 10.6. The highest BCUT2D eigenvalue weighted by molar-refractivity contribution is 5.88. The molecule has 0 fully saturated rings. The van der Waals surface area contributed by atoms with Crippen LogP contribution in [0.15, 0.2) is 59.7 Å². The predicted molar refractivity (Wildman–Crippen MR) is 84.0 cm³/mol. The van der Waals surface area contributed by atoms with Crippen molar-refractivity contribution in [2.45, 2.75) is 19.1 Å². The molecule has 22 heavy (non-hydrogen) atoms. The monoisotopic (exact) mass is 296 g/mol. The molecule has 0 heterocycles. The standard InChI is InChI=1S/C16H16N4O2/c1-11(21)18-14-9-7-13(8-10-14)16(22)15(19-20-17)12-5-3-2-4-6-12/h2-10,15-16,22H,1H3,(H,18,21)/t15-,16+/m1/s1. The maximum Gasteiger partial charge on any atom is 0.221 e. The average Bonchev–Trinajstić information content (AvgIpc) is 2.53. The van der Waals surface area contributed by atoms with Crippen molar-refractivity contribution < 1.29 is 9.90 Å². The Hall–Kier alpha value is -2.82. The first-order valence-corrected chi connectivity index (χ1v) is 6.76. The molecule has 0 spiro atoms. The van der Waals surface area contributed by atoms with Crippen molar-refractivity contribution in [2.75, 3.05) is 5.32 Å². The van der Waals surface area contributed by atoms with Crippen LogP contribution in [-0.4, -0.2) is 11.0 Å². The van der Waals surface area contributed by atoms with Gasteiger partial charge in [-0.3, -0.25) is 4.79 Å². The summed E-state index contributed by atoms with van der Waals surface area (Å²) in [6.45, 7) is 1.43. The van der Waals surface area contributed by atoms with Crippen LogP contribution in [0, 0.1) is 0 Å². The molecule has 2 N–H and O–H groups in total. The zero-order chi connectivity index (χ0) is 15.9. The summed E-state index contributed by atoms with van der Waals surface area (Å²) in [6.07, 6.45) is -0.968. The Morgan fingerprint density at radius 2 is 1.77 bits per heavy atom. The van der Waals surface area contributed by atoms with Crippen LogP contribution >= 0.6 is 0 Å². The van der Waals surface area contributed by atoms with Gasteiger partial charge in [0.2, 0.25) is 5.91 Å². The summed E-state index contributed by atoms with van der Waals surface area (Å²) in [5.41, 5.74) is 10.7. The Labute approximate surface area is 128 Å². The Balaban J connectivity index is 2.25. The quantitative estimate of drug-likeness (QED) is 0.499. The summed E-state index contributed by atoms with van der Waals surface area (Å²) in [5, 5.41) is 16.8. The fourth-order valence-corrected chi connectivity index (χ4v) is 2.17. The number of benzene rings is 2. The summed E-state index contributed by atoms with van der Waals surface area (Å²) < 4.78 is 0. The number of aliphatic hydroxyl groups is 1.